The number of hydrogen-bond acceptors (Lipinski definition) is 6. The molecule has 0 spiro atoms. The van der Waals surface area contributed by atoms with Crippen molar-refractivity contribution in [2.24, 2.45) is 34.5 Å². The molecule has 7 heteroatoms. The second kappa shape index (κ2) is 11.9. The van der Waals surface area contributed by atoms with Gasteiger partial charge in [0.1, 0.15) is 24.4 Å². The topological polar surface area (TPSA) is 118 Å². The van der Waals surface area contributed by atoms with E-state index >= 15 is 0 Å². The first-order valence-electron chi connectivity index (χ1n) is 12.5. The Bertz CT molecular complexity index is 914. The highest BCUT2D eigenvalue weighted by molar-refractivity contribution is 5.89. The van der Waals surface area contributed by atoms with Gasteiger partial charge in [-0.25, -0.2) is 0 Å². The number of fused-ring (bicyclic) bond motifs is 5. The van der Waals surface area contributed by atoms with Gasteiger partial charge in [-0.3, -0.25) is 14.4 Å². The molecule has 4 rings (SSSR count). The molecule has 0 amide bonds. The van der Waals surface area contributed by atoms with Crippen molar-refractivity contribution in [3.05, 3.63) is 35.6 Å². The lowest BCUT2D eigenvalue weighted by atomic mass is 9.48. The molecule has 35 heavy (non-hydrogen) atoms. The molecule has 194 valence electrons. The number of carboxylic acids is 1. The fourth-order valence-electron chi connectivity index (χ4n) is 6.57. The van der Waals surface area contributed by atoms with Gasteiger partial charge >= 0.3 is 5.97 Å². The van der Waals surface area contributed by atoms with E-state index in [0.717, 1.165) is 31.1 Å². The Balaban J connectivity index is 0.000000414. The molecule has 4 aliphatic carbocycles. The highest BCUT2D eigenvalue weighted by atomic mass is 16.5. The van der Waals surface area contributed by atoms with Crippen molar-refractivity contribution in [1.29, 1.82) is 0 Å². The number of rotatable bonds is 5. The summed E-state index contributed by atoms with van der Waals surface area (Å²) < 4.78 is 5.09. The molecule has 0 aromatic rings. The first-order valence-corrected chi connectivity index (χ1v) is 12.5. The van der Waals surface area contributed by atoms with E-state index in [2.05, 4.69) is 19.9 Å². The van der Waals surface area contributed by atoms with Gasteiger partial charge in [0.2, 0.25) is 0 Å². The van der Waals surface area contributed by atoms with Crippen LogP contribution in [-0.4, -0.2) is 47.8 Å². The van der Waals surface area contributed by atoms with Crippen LogP contribution in [-0.2, 0) is 23.9 Å². The maximum absolute atomic E-state index is 13.4. The van der Waals surface area contributed by atoms with Crippen molar-refractivity contribution in [3.63, 3.8) is 0 Å². The molecule has 4 aliphatic rings. The standard InChI is InChI=1S/C22H28O4.C3H6O2.C3H6O/c1-21-9-8-14(23)10-13(21)4-5-15-16-6-7-17(19(25)12-26-3)22(16,2)11-18(24)20(15)21;1-2-3(4)5;1-2-3-4/h4,8-10,15-17,20,23H,5-7,11-12H2,1-3H3;2H2,1H3,(H,4,5);3H,2H2,1H3. The van der Waals surface area contributed by atoms with E-state index in [-0.39, 0.29) is 58.9 Å². The third-order valence-corrected chi connectivity index (χ3v) is 8.18. The van der Waals surface area contributed by atoms with Gasteiger partial charge in [-0.05, 0) is 54.2 Å². The van der Waals surface area contributed by atoms with Gasteiger partial charge in [-0.1, -0.05) is 39.8 Å². The van der Waals surface area contributed by atoms with Crippen LogP contribution < -0.4 is 0 Å². The maximum Gasteiger partial charge on any atom is 0.303 e. The van der Waals surface area contributed by atoms with Crippen molar-refractivity contribution in [3.8, 4) is 0 Å². The molecule has 0 bridgehead atoms. The number of aliphatic hydroxyl groups is 1. The number of carboxylic acid groups (broad SMARTS) is 1. The summed E-state index contributed by atoms with van der Waals surface area (Å²) in [5.41, 5.74) is 0.467. The third-order valence-electron chi connectivity index (χ3n) is 8.18. The van der Waals surface area contributed by atoms with Crippen molar-refractivity contribution < 1.29 is 34.1 Å². The molecule has 6 unspecified atom stereocenters. The minimum atomic E-state index is -0.745. The van der Waals surface area contributed by atoms with Gasteiger partial charge in [0.15, 0.2) is 5.78 Å². The fourth-order valence-corrected chi connectivity index (χ4v) is 6.57. The Morgan fingerprint density at radius 3 is 2.40 bits per heavy atom. The van der Waals surface area contributed by atoms with Crippen molar-refractivity contribution in [2.75, 3.05) is 13.7 Å². The molecular weight excluding hydrogens is 448 g/mol. The molecule has 2 fully saturated rings. The number of carbonyl (C=O) groups is 4. The molecule has 7 nitrogen and oxygen atoms in total. The van der Waals surface area contributed by atoms with Crippen LogP contribution in [0, 0.1) is 34.5 Å². The predicted molar refractivity (Wildman–Crippen MR) is 133 cm³/mol. The molecule has 0 aliphatic heterocycles. The molecule has 0 aromatic heterocycles. The third kappa shape index (κ3) is 5.83. The van der Waals surface area contributed by atoms with Gasteiger partial charge in [-0.2, -0.15) is 0 Å². The van der Waals surface area contributed by atoms with E-state index in [0.29, 0.717) is 18.8 Å². The number of aliphatic hydroxyl groups excluding tert-OH is 1. The zero-order valence-corrected chi connectivity index (χ0v) is 21.6. The molecule has 6 atom stereocenters. The highest BCUT2D eigenvalue weighted by Gasteiger charge is 2.62. The van der Waals surface area contributed by atoms with E-state index in [4.69, 9.17) is 9.84 Å². The van der Waals surface area contributed by atoms with E-state index in [9.17, 15) is 24.3 Å². The van der Waals surface area contributed by atoms with Gasteiger partial charge in [0.25, 0.3) is 0 Å². The lowest BCUT2D eigenvalue weighted by Crippen LogP contribution is -2.54. The lowest BCUT2D eigenvalue weighted by molar-refractivity contribution is -0.144. The molecule has 0 heterocycles. The fraction of sp³-hybridized carbons (Fsp3) is 0.643. The summed E-state index contributed by atoms with van der Waals surface area (Å²) in [5.74, 6) is 0.466. The average Bonchev–Trinajstić information content (AvgIpc) is 3.16. The lowest BCUT2D eigenvalue weighted by Gasteiger charge is -2.54. The number of allylic oxidation sites excluding steroid dienone is 5. The summed E-state index contributed by atoms with van der Waals surface area (Å²) in [6.07, 6.45) is 12.7. The Morgan fingerprint density at radius 2 is 1.86 bits per heavy atom. The summed E-state index contributed by atoms with van der Waals surface area (Å²) in [5, 5.41) is 17.6. The first kappa shape index (κ1) is 28.7. The van der Waals surface area contributed by atoms with Crippen LogP contribution in [0.3, 0.4) is 0 Å². The number of carbonyl (C=O) groups excluding carboxylic acids is 3. The SMILES string of the molecule is CCC(=O)O.CCC=O.COCC(=O)C1CCC2C3CC=C4C=C(O)C=CC4(C)C3C(=O)CC12C. The number of aliphatic carboxylic acids is 1. The average molecular weight is 489 g/mol. The zero-order chi connectivity index (χ0) is 26.4. The van der Waals surface area contributed by atoms with Crippen molar-refractivity contribution >= 4 is 23.8 Å². The van der Waals surface area contributed by atoms with Gasteiger partial charge < -0.3 is 19.7 Å². The Kier molecular flexibility index (Phi) is 9.78. The van der Waals surface area contributed by atoms with Crippen LogP contribution in [0.15, 0.2) is 35.6 Å². The maximum atomic E-state index is 13.4. The first-order chi connectivity index (χ1) is 16.5. The summed E-state index contributed by atoms with van der Waals surface area (Å²) >= 11 is 0. The molecule has 0 radical (unpaired) electrons. The quantitative estimate of drug-likeness (QED) is 0.530. The van der Waals surface area contributed by atoms with E-state index in [1.807, 2.05) is 13.0 Å². The number of ether oxygens (including phenoxy) is 1. The smallest absolute Gasteiger partial charge is 0.303 e. The van der Waals surface area contributed by atoms with E-state index in [1.54, 1.807) is 26.2 Å². The van der Waals surface area contributed by atoms with E-state index < -0.39 is 5.97 Å². The second-order valence-electron chi connectivity index (χ2n) is 10.3. The van der Waals surface area contributed by atoms with Crippen LogP contribution >= 0.6 is 0 Å². The van der Waals surface area contributed by atoms with Gasteiger partial charge in [-0.15, -0.1) is 0 Å². The predicted octanol–water partition coefficient (Wildman–Crippen LogP) is 4.86. The van der Waals surface area contributed by atoms with E-state index in [1.165, 1.54) is 0 Å². The van der Waals surface area contributed by atoms with Crippen molar-refractivity contribution in [1.82, 2.24) is 0 Å². The molecule has 0 aromatic carbocycles. The number of ketones is 2. The zero-order valence-electron chi connectivity index (χ0n) is 21.6. The van der Waals surface area contributed by atoms with Crippen molar-refractivity contribution in [2.45, 2.75) is 66.2 Å². The number of methoxy groups -OCH3 is 1. The minimum absolute atomic E-state index is 0.0579. The molecule has 2 N–H and O–H groups in total. The van der Waals surface area contributed by atoms with Crippen LogP contribution in [0.1, 0.15) is 66.2 Å². The minimum Gasteiger partial charge on any atom is -0.508 e. The number of aldehydes is 1. The Labute approximate surface area is 208 Å². The Morgan fingerprint density at radius 1 is 1.23 bits per heavy atom. The Hall–Kier alpha value is -2.54. The van der Waals surface area contributed by atoms with Crippen LogP contribution in [0.4, 0.5) is 0 Å². The normalized spacial score (nSPS) is 34.4. The van der Waals surface area contributed by atoms with Crippen LogP contribution in [0.2, 0.25) is 0 Å². The largest absolute Gasteiger partial charge is 0.508 e. The summed E-state index contributed by atoms with van der Waals surface area (Å²) in [6.45, 7) is 7.83. The second-order valence-corrected chi connectivity index (χ2v) is 10.3. The van der Waals surface area contributed by atoms with Crippen LogP contribution in [0.5, 0.6) is 0 Å². The molecule has 0 saturated heterocycles. The number of hydrogen-bond donors (Lipinski definition) is 2. The monoisotopic (exact) mass is 488 g/mol. The molecular formula is C28H40O7. The highest BCUT2D eigenvalue weighted by Crippen LogP contribution is 2.64. The summed E-state index contributed by atoms with van der Waals surface area (Å²) in [6, 6.07) is 0. The number of Topliss-reactive ketones (excluding diaryl/α,β-unsaturated/α-hetero) is 2. The van der Waals surface area contributed by atoms with Gasteiger partial charge in [0, 0.05) is 43.6 Å². The molecule has 2 saturated carbocycles. The van der Waals surface area contributed by atoms with Gasteiger partial charge in [0.05, 0.1) is 0 Å². The summed E-state index contributed by atoms with van der Waals surface area (Å²) in [4.78, 5) is 44.5. The van der Waals surface area contributed by atoms with Crippen LogP contribution in [0.25, 0.3) is 0 Å². The summed E-state index contributed by atoms with van der Waals surface area (Å²) in [7, 11) is 1.56.